The van der Waals surface area contributed by atoms with Gasteiger partial charge in [-0.3, -0.25) is 9.80 Å². The van der Waals surface area contributed by atoms with Crippen LogP contribution >= 0.6 is 0 Å². The molecule has 2 aliphatic rings. The minimum atomic E-state index is -0.0832. The van der Waals surface area contributed by atoms with Gasteiger partial charge in [-0.1, -0.05) is 17.2 Å². The summed E-state index contributed by atoms with van der Waals surface area (Å²) in [5, 5.41) is 8.03. The zero-order valence-corrected chi connectivity index (χ0v) is 16.7. The van der Waals surface area contributed by atoms with Crippen LogP contribution in [0, 0.1) is 0 Å². The second kappa shape index (κ2) is 8.69. The van der Waals surface area contributed by atoms with Gasteiger partial charge in [-0.25, -0.2) is 0 Å². The van der Waals surface area contributed by atoms with E-state index in [9.17, 15) is 0 Å². The molecule has 2 aliphatic heterocycles. The Labute approximate surface area is 164 Å². The number of morpholine rings is 1. The normalized spacial score (nSPS) is 20.8. The molecule has 4 rings (SSSR count). The Kier molecular flexibility index (Phi) is 6.05. The second-order valence-electron chi connectivity index (χ2n) is 7.69. The Bertz CT molecular complexity index is 753. The molecule has 0 radical (unpaired) electrons. The molecular weight excluding hydrogens is 362 g/mol. The summed E-state index contributed by atoms with van der Waals surface area (Å²) in [6, 6.07) is 2.06. The van der Waals surface area contributed by atoms with Crippen molar-refractivity contribution in [2.24, 2.45) is 0 Å². The number of rotatable bonds is 7. The van der Waals surface area contributed by atoms with Crippen LogP contribution < -0.4 is 0 Å². The summed E-state index contributed by atoms with van der Waals surface area (Å²) >= 11 is 0. The Balaban J connectivity index is 1.29. The molecule has 2 aromatic heterocycles. The number of ether oxygens (including phenoxy) is 2. The molecule has 0 saturated carbocycles. The van der Waals surface area contributed by atoms with Crippen LogP contribution in [0.3, 0.4) is 0 Å². The average Bonchev–Trinajstić information content (AvgIpc) is 3.34. The Morgan fingerprint density at radius 1 is 1.11 bits per heavy atom. The monoisotopic (exact) mass is 391 g/mol. The fraction of sp³-hybridized carbons (Fsp3) is 0.737. The molecule has 0 N–H and O–H groups in total. The maximum Gasteiger partial charge on any atom is 0.240 e. The molecule has 0 bridgehead atoms. The van der Waals surface area contributed by atoms with Gasteiger partial charge in [-0.15, -0.1) is 0 Å². The first-order valence-corrected chi connectivity index (χ1v) is 10.0. The lowest BCUT2D eigenvalue weighted by atomic mass is 9.89. The molecular formula is C19H29N5O4. The van der Waals surface area contributed by atoms with Gasteiger partial charge in [0.15, 0.2) is 11.6 Å². The molecule has 1 spiro atoms. The molecule has 0 aliphatic carbocycles. The van der Waals surface area contributed by atoms with E-state index in [0.717, 1.165) is 70.0 Å². The van der Waals surface area contributed by atoms with E-state index < -0.39 is 0 Å². The average molecular weight is 391 g/mol. The van der Waals surface area contributed by atoms with E-state index in [1.807, 2.05) is 0 Å². The zero-order valence-electron chi connectivity index (χ0n) is 16.7. The topological polar surface area (TPSA) is 89.9 Å². The molecule has 0 amide bonds. The van der Waals surface area contributed by atoms with Crippen LogP contribution in [0.2, 0.25) is 0 Å². The van der Waals surface area contributed by atoms with Gasteiger partial charge in [0.25, 0.3) is 0 Å². The number of piperidine rings is 1. The van der Waals surface area contributed by atoms with Crippen LogP contribution in [0.25, 0.3) is 0 Å². The summed E-state index contributed by atoms with van der Waals surface area (Å²) in [6.07, 6.45) is 2.93. The molecule has 0 aromatic carbocycles. The van der Waals surface area contributed by atoms with Crippen molar-refractivity contribution in [2.45, 2.75) is 51.5 Å². The molecule has 0 atom stereocenters. The maximum atomic E-state index is 6.25. The van der Waals surface area contributed by atoms with Crippen LogP contribution in [0.15, 0.2) is 15.1 Å². The number of methoxy groups -OCH3 is 1. The number of aryl methyl sites for hydroxylation is 1. The molecule has 4 heterocycles. The number of hydrogen-bond acceptors (Lipinski definition) is 9. The van der Waals surface area contributed by atoms with E-state index in [1.54, 1.807) is 7.11 Å². The minimum Gasteiger partial charge on any atom is -0.377 e. The van der Waals surface area contributed by atoms with Gasteiger partial charge in [0.2, 0.25) is 5.89 Å². The SMILES string of the molecule is CCc1cc(CN2CCC3(CC2)CN(Cc2nc(COC)no2)CCO3)on1. The predicted octanol–water partition coefficient (Wildman–Crippen LogP) is 1.63. The van der Waals surface area contributed by atoms with Gasteiger partial charge in [0.05, 0.1) is 31.0 Å². The van der Waals surface area contributed by atoms with Crippen molar-refractivity contribution < 1.29 is 18.5 Å². The molecule has 154 valence electrons. The molecule has 0 unspecified atom stereocenters. The predicted molar refractivity (Wildman–Crippen MR) is 99.4 cm³/mol. The standard InChI is InChI=1S/C19H29N5O4/c1-3-15-10-16(27-21-15)11-23-6-4-19(5-7-23)14-24(8-9-26-19)12-18-20-17(13-25-2)22-28-18/h10H,3-9,11-14H2,1-2H3. The van der Waals surface area contributed by atoms with Gasteiger partial charge < -0.3 is 18.5 Å². The first-order valence-electron chi connectivity index (χ1n) is 10.0. The number of nitrogens with zero attached hydrogens (tertiary/aromatic N) is 5. The third-order valence-electron chi connectivity index (χ3n) is 5.59. The molecule has 2 fully saturated rings. The van der Waals surface area contributed by atoms with Crippen LogP contribution in [-0.4, -0.2) is 70.6 Å². The summed E-state index contributed by atoms with van der Waals surface area (Å²) in [6.45, 7) is 8.43. The largest absolute Gasteiger partial charge is 0.377 e. The van der Waals surface area contributed by atoms with E-state index in [4.69, 9.17) is 18.5 Å². The van der Waals surface area contributed by atoms with E-state index in [-0.39, 0.29) is 5.60 Å². The fourth-order valence-corrected chi connectivity index (χ4v) is 4.03. The van der Waals surface area contributed by atoms with Crippen molar-refractivity contribution in [1.82, 2.24) is 25.1 Å². The molecule has 2 aromatic rings. The summed E-state index contributed by atoms with van der Waals surface area (Å²) in [4.78, 5) is 9.16. The quantitative estimate of drug-likeness (QED) is 0.698. The smallest absolute Gasteiger partial charge is 0.240 e. The lowest BCUT2D eigenvalue weighted by Crippen LogP contribution is -2.56. The van der Waals surface area contributed by atoms with Crippen molar-refractivity contribution >= 4 is 0 Å². The highest BCUT2D eigenvalue weighted by molar-refractivity contribution is 5.05. The van der Waals surface area contributed by atoms with Crippen molar-refractivity contribution in [3.8, 4) is 0 Å². The van der Waals surface area contributed by atoms with Crippen molar-refractivity contribution in [1.29, 1.82) is 0 Å². The van der Waals surface area contributed by atoms with Crippen LogP contribution in [0.5, 0.6) is 0 Å². The summed E-state index contributed by atoms with van der Waals surface area (Å²) in [7, 11) is 1.62. The van der Waals surface area contributed by atoms with Crippen LogP contribution in [0.1, 0.15) is 42.9 Å². The molecule has 2 saturated heterocycles. The minimum absolute atomic E-state index is 0.0832. The first-order chi connectivity index (χ1) is 13.7. The Hall–Kier alpha value is -1.81. The van der Waals surface area contributed by atoms with Gasteiger partial charge in [0, 0.05) is 39.4 Å². The zero-order chi connectivity index (χ0) is 19.4. The summed E-state index contributed by atoms with van der Waals surface area (Å²) in [5.41, 5.74) is 0.935. The third-order valence-corrected chi connectivity index (χ3v) is 5.59. The third kappa shape index (κ3) is 4.60. The van der Waals surface area contributed by atoms with Gasteiger partial charge in [-0.2, -0.15) is 4.98 Å². The molecule has 9 heteroatoms. The number of hydrogen-bond donors (Lipinski definition) is 0. The molecule has 28 heavy (non-hydrogen) atoms. The van der Waals surface area contributed by atoms with E-state index in [1.165, 1.54) is 0 Å². The van der Waals surface area contributed by atoms with Gasteiger partial charge in [-0.05, 0) is 19.3 Å². The Morgan fingerprint density at radius 3 is 2.71 bits per heavy atom. The summed E-state index contributed by atoms with van der Waals surface area (Å²) in [5.74, 6) is 2.17. The fourth-order valence-electron chi connectivity index (χ4n) is 4.03. The number of likely N-dealkylation sites (tertiary alicyclic amines) is 1. The van der Waals surface area contributed by atoms with E-state index in [2.05, 4.69) is 38.1 Å². The number of aromatic nitrogens is 3. The highest BCUT2D eigenvalue weighted by Gasteiger charge is 2.40. The lowest BCUT2D eigenvalue weighted by Gasteiger charge is -2.47. The maximum absolute atomic E-state index is 6.25. The summed E-state index contributed by atoms with van der Waals surface area (Å²) < 4.78 is 22.1. The second-order valence-corrected chi connectivity index (χ2v) is 7.69. The Morgan fingerprint density at radius 2 is 1.96 bits per heavy atom. The van der Waals surface area contributed by atoms with Crippen molar-refractivity contribution in [3.63, 3.8) is 0 Å². The van der Waals surface area contributed by atoms with Crippen LogP contribution in [0.4, 0.5) is 0 Å². The van der Waals surface area contributed by atoms with E-state index >= 15 is 0 Å². The van der Waals surface area contributed by atoms with Crippen LogP contribution in [-0.2, 0) is 35.6 Å². The highest BCUT2D eigenvalue weighted by atomic mass is 16.5. The first kappa shape index (κ1) is 19.5. The van der Waals surface area contributed by atoms with Gasteiger partial charge >= 0.3 is 0 Å². The lowest BCUT2D eigenvalue weighted by molar-refractivity contribution is -0.139. The molecule has 9 nitrogen and oxygen atoms in total. The van der Waals surface area contributed by atoms with Crippen molar-refractivity contribution in [3.05, 3.63) is 29.2 Å². The van der Waals surface area contributed by atoms with Crippen molar-refractivity contribution in [2.75, 3.05) is 39.9 Å². The highest BCUT2D eigenvalue weighted by Crippen LogP contribution is 2.31. The van der Waals surface area contributed by atoms with Gasteiger partial charge in [0.1, 0.15) is 6.61 Å². The van der Waals surface area contributed by atoms with E-state index in [0.29, 0.717) is 24.9 Å².